The smallest absolute Gasteiger partial charge is 0.252 e. The maximum atomic E-state index is 2.50. The summed E-state index contributed by atoms with van der Waals surface area (Å²) in [6.45, 7) is 11.5. The monoisotopic (exact) mass is 504 g/mol. The van der Waals surface area contributed by atoms with Crippen molar-refractivity contribution in [1.82, 2.24) is 0 Å². The Hall–Kier alpha value is -4.24. The Labute approximate surface area is 232 Å². The maximum Gasteiger partial charge on any atom is 0.252 e. The summed E-state index contributed by atoms with van der Waals surface area (Å²) in [5.74, 6) is 0. The van der Waals surface area contributed by atoms with Crippen LogP contribution in [0.5, 0.6) is 0 Å². The molecule has 5 aromatic rings. The first-order valence-corrected chi connectivity index (χ1v) is 13.9. The van der Waals surface area contributed by atoms with E-state index in [-0.39, 0.29) is 12.1 Å². The highest BCUT2D eigenvalue weighted by Gasteiger charge is 2.43. The minimum atomic E-state index is -0.00776. The molecule has 0 aromatic heterocycles. The molecule has 190 valence electrons. The number of nitrogens with zero attached hydrogens (tertiary/aromatic N) is 2. The van der Waals surface area contributed by atoms with E-state index in [1.165, 1.54) is 67.2 Å². The van der Waals surface area contributed by atoms with Crippen molar-refractivity contribution in [2.45, 2.75) is 40.0 Å². The van der Waals surface area contributed by atoms with E-state index in [1.807, 2.05) is 0 Å². The van der Waals surface area contributed by atoms with Crippen LogP contribution in [0.3, 0.4) is 0 Å². The Bertz CT molecular complexity index is 1730. The molecule has 0 amide bonds. The molecule has 0 fully saturated rings. The van der Waals surface area contributed by atoms with Crippen LogP contribution in [0, 0.1) is 13.8 Å². The van der Waals surface area contributed by atoms with Gasteiger partial charge in [0.1, 0.15) is 0 Å². The van der Waals surface area contributed by atoms with Gasteiger partial charge in [0.15, 0.2) is 0 Å². The van der Waals surface area contributed by atoms with Gasteiger partial charge >= 0.3 is 0 Å². The van der Waals surface area contributed by atoms with Crippen LogP contribution in [0.4, 0.5) is 34.1 Å². The quantitative estimate of drug-likeness (QED) is 0.223. The molecule has 39 heavy (non-hydrogen) atoms. The zero-order valence-electron chi connectivity index (χ0n) is 23.4. The molecule has 2 aliphatic heterocycles. The Kier molecular flexibility index (Phi) is 5.28. The maximum absolute atomic E-state index is 2.50. The highest BCUT2D eigenvalue weighted by Crippen LogP contribution is 2.45. The number of rotatable bonds is 2. The molecular formula is C36H33BN2. The number of hydrogen-bond donors (Lipinski definition) is 0. The molecule has 0 N–H and O–H groups in total. The molecule has 0 spiro atoms. The summed E-state index contributed by atoms with van der Waals surface area (Å²) in [4.78, 5) is 4.98. The van der Waals surface area contributed by atoms with Crippen molar-refractivity contribution in [3.63, 3.8) is 0 Å². The molecule has 0 saturated carbocycles. The van der Waals surface area contributed by atoms with E-state index >= 15 is 0 Å². The summed E-state index contributed by atoms with van der Waals surface area (Å²) in [7, 11) is 0. The van der Waals surface area contributed by atoms with Gasteiger partial charge in [-0.3, -0.25) is 0 Å². The van der Waals surface area contributed by atoms with Crippen molar-refractivity contribution < 1.29 is 0 Å². The molecule has 2 heterocycles. The number of anilines is 6. The fourth-order valence-electron chi connectivity index (χ4n) is 6.40. The second-order valence-electron chi connectivity index (χ2n) is 12.1. The van der Waals surface area contributed by atoms with Gasteiger partial charge in [0.05, 0.1) is 0 Å². The molecule has 0 radical (unpaired) electrons. The van der Waals surface area contributed by atoms with Crippen LogP contribution < -0.4 is 26.2 Å². The summed E-state index contributed by atoms with van der Waals surface area (Å²) < 4.78 is 0. The predicted octanol–water partition coefficient (Wildman–Crippen LogP) is 7.68. The number of para-hydroxylation sites is 2. The lowest BCUT2D eigenvalue weighted by atomic mass is 9.33. The number of benzene rings is 5. The first-order chi connectivity index (χ1) is 18.8. The first kappa shape index (κ1) is 23.9. The molecule has 0 atom stereocenters. The SMILES string of the molecule is Cc1cccc(N2c3ccc(C)cc3B3c4ccccc4N(c4ccccc4)c4cc(C(C)(C)C)cc2c43)c1. The Morgan fingerprint density at radius 2 is 1.13 bits per heavy atom. The number of fused-ring (bicyclic) bond motifs is 4. The second-order valence-corrected chi connectivity index (χ2v) is 12.1. The lowest BCUT2D eigenvalue weighted by molar-refractivity contribution is 0.590. The summed E-state index contributed by atoms with van der Waals surface area (Å²) in [6, 6.07) is 40.6. The van der Waals surface area contributed by atoms with Gasteiger partial charge in [0, 0.05) is 34.1 Å². The molecule has 0 aliphatic carbocycles. The molecule has 2 nitrogen and oxygen atoms in total. The van der Waals surface area contributed by atoms with Gasteiger partial charge in [-0.25, -0.2) is 0 Å². The van der Waals surface area contributed by atoms with Gasteiger partial charge in [-0.15, -0.1) is 0 Å². The molecule has 3 heteroatoms. The Morgan fingerprint density at radius 3 is 1.85 bits per heavy atom. The van der Waals surface area contributed by atoms with Crippen molar-refractivity contribution in [3.05, 3.63) is 126 Å². The van der Waals surface area contributed by atoms with Gasteiger partial charge in [0.2, 0.25) is 0 Å². The van der Waals surface area contributed by atoms with Crippen molar-refractivity contribution in [2.75, 3.05) is 9.80 Å². The van der Waals surface area contributed by atoms with Crippen LogP contribution in [0.15, 0.2) is 109 Å². The van der Waals surface area contributed by atoms with Crippen LogP contribution in [0.1, 0.15) is 37.5 Å². The van der Waals surface area contributed by atoms with Crippen LogP contribution >= 0.6 is 0 Å². The third-order valence-corrected chi connectivity index (χ3v) is 8.27. The number of aryl methyl sites for hydroxylation is 2. The van der Waals surface area contributed by atoms with Crippen molar-refractivity contribution in [2.24, 2.45) is 0 Å². The van der Waals surface area contributed by atoms with Crippen molar-refractivity contribution >= 4 is 57.2 Å². The average molecular weight is 504 g/mol. The summed E-state index contributed by atoms with van der Waals surface area (Å²) >= 11 is 0. The largest absolute Gasteiger partial charge is 0.311 e. The zero-order chi connectivity index (χ0) is 26.9. The Morgan fingerprint density at radius 1 is 0.513 bits per heavy atom. The lowest BCUT2D eigenvalue weighted by Crippen LogP contribution is -2.61. The third kappa shape index (κ3) is 3.71. The van der Waals surface area contributed by atoms with Crippen LogP contribution in [-0.4, -0.2) is 6.71 Å². The van der Waals surface area contributed by atoms with E-state index in [0.29, 0.717) is 0 Å². The van der Waals surface area contributed by atoms with Gasteiger partial charge in [-0.2, -0.15) is 0 Å². The van der Waals surface area contributed by atoms with E-state index in [1.54, 1.807) is 0 Å². The minimum Gasteiger partial charge on any atom is -0.311 e. The lowest BCUT2D eigenvalue weighted by Gasteiger charge is -2.45. The fraction of sp³-hybridized carbons (Fsp3) is 0.167. The van der Waals surface area contributed by atoms with Crippen LogP contribution in [-0.2, 0) is 5.41 Å². The molecule has 0 bridgehead atoms. The standard InChI is InChI=1S/C36H33BN2/c1-24-12-11-15-28(20-24)39-32-19-18-25(2)21-30(32)37-29-16-9-10-17-31(29)38(27-13-7-6-8-14-27)33-22-26(36(3,4)5)23-34(39)35(33)37/h6-23H,1-5H3. The zero-order valence-corrected chi connectivity index (χ0v) is 23.4. The van der Waals surface area contributed by atoms with Gasteiger partial charge in [0.25, 0.3) is 6.71 Å². The molecule has 2 aliphatic rings. The average Bonchev–Trinajstić information content (AvgIpc) is 2.92. The highest BCUT2D eigenvalue weighted by molar-refractivity contribution is 7.00. The fourth-order valence-corrected chi connectivity index (χ4v) is 6.40. The first-order valence-electron chi connectivity index (χ1n) is 13.9. The van der Waals surface area contributed by atoms with E-state index in [2.05, 4.69) is 154 Å². The normalized spacial score (nSPS) is 13.6. The van der Waals surface area contributed by atoms with Crippen molar-refractivity contribution in [1.29, 1.82) is 0 Å². The van der Waals surface area contributed by atoms with Crippen LogP contribution in [0.25, 0.3) is 0 Å². The van der Waals surface area contributed by atoms with Crippen LogP contribution in [0.2, 0.25) is 0 Å². The summed E-state index contributed by atoms with van der Waals surface area (Å²) in [5, 5.41) is 0. The molecular weight excluding hydrogens is 471 g/mol. The van der Waals surface area contributed by atoms with E-state index in [9.17, 15) is 0 Å². The third-order valence-electron chi connectivity index (χ3n) is 8.27. The molecule has 5 aromatic carbocycles. The molecule has 0 unspecified atom stereocenters. The van der Waals surface area contributed by atoms with E-state index in [0.717, 1.165) is 0 Å². The Balaban J connectivity index is 1.64. The minimum absolute atomic E-state index is 0.00776. The highest BCUT2D eigenvalue weighted by atomic mass is 15.2. The number of hydrogen-bond acceptors (Lipinski definition) is 2. The van der Waals surface area contributed by atoms with Gasteiger partial charge in [-0.1, -0.05) is 87.0 Å². The summed E-state index contributed by atoms with van der Waals surface area (Å²) in [5.41, 5.74) is 15.5. The van der Waals surface area contributed by atoms with E-state index in [4.69, 9.17) is 0 Å². The topological polar surface area (TPSA) is 6.48 Å². The molecule has 0 saturated heterocycles. The van der Waals surface area contributed by atoms with Gasteiger partial charge in [-0.05, 0) is 95.3 Å². The molecule has 7 rings (SSSR count). The van der Waals surface area contributed by atoms with Gasteiger partial charge < -0.3 is 9.80 Å². The van der Waals surface area contributed by atoms with Crippen molar-refractivity contribution in [3.8, 4) is 0 Å². The summed E-state index contributed by atoms with van der Waals surface area (Å²) in [6.07, 6.45) is 0. The predicted molar refractivity (Wildman–Crippen MR) is 169 cm³/mol. The van der Waals surface area contributed by atoms with E-state index < -0.39 is 0 Å². The second kappa shape index (κ2) is 8.64.